The van der Waals surface area contributed by atoms with Crippen molar-refractivity contribution in [1.82, 2.24) is 15.1 Å². The lowest BCUT2D eigenvalue weighted by atomic mass is 9.93. The van der Waals surface area contributed by atoms with E-state index in [0.29, 0.717) is 32.6 Å². The molecule has 256 valence electrons. The van der Waals surface area contributed by atoms with Crippen LogP contribution in [0.1, 0.15) is 54.9 Å². The molecule has 3 aliphatic rings. The fraction of sp³-hybridized carbons (Fsp3) is 0.375. The van der Waals surface area contributed by atoms with E-state index in [9.17, 15) is 14.4 Å². The number of hydrogen-bond acceptors (Lipinski definition) is 6. The Bertz CT molecular complexity index is 1740. The summed E-state index contributed by atoms with van der Waals surface area (Å²) < 4.78 is 6.07. The summed E-state index contributed by atoms with van der Waals surface area (Å²) in [6, 6.07) is 23.6. The molecular formula is C40H47N5O4. The van der Waals surface area contributed by atoms with Crippen LogP contribution in [-0.2, 0) is 27.3 Å². The number of benzene rings is 3. The molecule has 49 heavy (non-hydrogen) atoms. The highest BCUT2D eigenvalue weighted by atomic mass is 16.6. The monoisotopic (exact) mass is 661 g/mol. The number of piperazine rings is 1. The maximum Gasteiger partial charge on any atom is 0.410 e. The summed E-state index contributed by atoms with van der Waals surface area (Å²) in [5, 5.41) is 6.10. The molecule has 2 heterocycles. The van der Waals surface area contributed by atoms with Gasteiger partial charge in [-0.3, -0.25) is 14.5 Å². The summed E-state index contributed by atoms with van der Waals surface area (Å²) in [7, 11) is 1.91. The number of carbonyl (C=O) groups excluding carboxylic acids is 3. The number of nitrogens with one attached hydrogen (secondary N) is 2. The van der Waals surface area contributed by atoms with E-state index in [1.54, 1.807) is 4.90 Å². The lowest BCUT2D eigenvalue weighted by molar-refractivity contribution is -0.134. The predicted octanol–water partition coefficient (Wildman–Crippen LogP) is 5.98. The molecule has 9 nitrogen and oxygen atoms in total. The molecule has 0 saturated carbocycles. The fourth-order valence-electron chi connectivity index (χ4n) is 7.50. The quantitative estimate of drug-likeness (QED) is 0.260. The Morgan fingerprint density at radius 2 is 1.63 bits per heavy atom. The largest absolute Gasteiger partial charge is 0.448 e. The molecule has 9 heteroatoms. The molecule has 1 aliphatic carbocycles. The third-order valence-electron chi connectivity index (χ3n) is 10.1. The Hall–Kier alpha value is -5.05. The van der Waals surface area contributed by atoms with E-state index in [1.165, 1.54) is 27.2 Å². The Kier molecular flexibility index (Phi) is 10.7. The minimum absolute atomic E-state index is 0.0412. The maximum atomic E-state index is 13.9. The minimum Gasteiger partial charge on any atom is -0.448 e. The second-order valence-electron chi connectivity index (χ2n) is 12.8. The van der Waals surface area contributed by atoms with Crippen LogP contribution in [0.25, 0.3) is 5.57 Å². The van der Waals surface area contributed by atoms with Gasteiger partial charge in [0.2, 0.25) is 11.8 Å². The van der Waals surface area contributed by atoms with Crippen molar-refractivity contribution < 1.29 is 19.1 Å². The zero-order valence-corrected chi connectivity index (χ0v) is 28.8. The van der Waals surface area contributed by atoms with Crippen LogP contribution < -0.4 is 15.5 Å². The zero-order valence-electron chi connectivity index (χ0n) is 28.8. The van der Waals surface area contributed by atoms with Crippen molar-refractivity contribution >= 4 is 34.9 Å². The highest BCUT2D eigenvalue weighted by Gasteiger charge is 2.37. The van der Waals surface area contributed by atoms with Gasteiger partial charge in [-0.15, -0.1) is 0 Å². The van der Waals surface area contributed by atoms with Gasteiger partial charge in [-0.05, 0) is 59.7 Å². The van der Waals surface area contributed by atoms with E-state index < -0.39 is 12.1 Å². The van der Waals surface area contributed by atoms with E-state index in [1.807, 2.05) is 62.5 Å². The van der Waals surface area contributed by atoms with Gasteiger partial charge in [-0.25, -0.2) is 4.79 Å². The number of para-hydroxylation sites is 2. The lowest BCUT2D eigenvalue weighted by Crippen LogP contribution is -2.55. The molecule has 2 unspecified atom stereocenters. The van der Waals surface area contributed by atoms with Crippen molar-refractivity contribution in [2.75, 3.05) is 56.6 Å². The van der Waals surface area contributed by atoms with Crippen LogP contribution in [0.2, 0.25) is 0 Å². The second kappa shape index (κ2) is 15.4. The van der Waals surface area contributed by atoms with E-state index in [4.69, 9.17) is 4.74 Å². The first-order chi connectivity index (χ1) is 23.9. The molecular weight excluding hydrogens is 614 g/mol. The van der Waals surface area contributed by atoms with Crippen LogP contribution in [0.5, 0.6) is 0 Å². The average molecular weight is 662 g/mol. The predicted molar refractivity (Wildman–Crippen MR) is 194 cm³/mol. The first-order valence-electron chi connectivity index (χ1n) is 17.4. The van der Waals surface area contributed by atoms with Crippen molar-refractivity contribution in [1.29, 1.82) is 0 Å². The van der Waals surface area contributed by atoms with Crippen molar-refractivity contribution in [3.05, 3.63) is 113 Å². The summed E-state index contributed by atoms with van der Waals surface area (Å²) >= 11 is 0. The van der Waals surface area contributed by atoms with Gasteiger partial charge in [-0.2, -0.15) is 0 Å². The number of nitrogens with zero attached hydrogens (tertiary/aromatic N) is 3. The summed E-state index contributed by atoms with van der Waals surface area (Å²) in [6.45, 7) is 7.06. The number of hydrogen-bond donors (Lipinski definition) is 2. The van der Waals surface area contributed by atoms with Gasteiger partial charge in [0, 0.05) is 45.6 Å². The van der Waals surface area contributed by atoms with Crippen LogP contribution in [0.4, 0.5) is 16.2 Å². The van der Waals surface area contributed by atoms with Gasteiger partial charge in [0.05, 0.1) is 24.5 Å². The van der Waals surface area contributed by atoms with Gasteiger partial charge in [0.1, 0.15) is 12.6 Å². The molecule has 6 rings (SSSR count). The average Bonchev–Trinajstić information content (AvgIpc) is 3.46. The first kappa shape index (κ1) is 33.8. The standard InChI is InChI=1S/C40H47N5O4/c1-4-6-15-32-30(5-2)31-16-9-10-17-33(31)34(32)27-49-40(48)45-26-29-14-8-7-13-28(29)24-37(45)39(47)42-25-38(46)44-22-20-43(21-23-44)36-19-12-11-18-35(36)41-3/h4,6-14,16-19,34,37,41H,5,15,20-27H2,1-3H3,(H,42,47)/b6-4-. The Labute approximate surface area is 289 Å². The minimum atomic E-state index is -0.787. The highest BCUT2D eigenvalue weighted by molar-refractivity contribution is 5.90. The molecule has 1 saturated heterocycles. The topological polar surface area (TPSA) is 94.2 Å². The molecule has 2 aliphatic heterocycles. The molecule has 2 atom stereocenters. The number of carbonyl (C=O) groups is 3. The van der Waals surface area contributed by atoms with Crippen LogP contribution in [0.15, 0.2) is 90.5 Å². The molecule has 0 bridgehead atoms. The van der Waals surface area contributed by atoms with Crippen LogP contribution in [0.3, 0.4) is 0 Å². The number of amides is 3. The van der Waals surface area contributed by atoms with Gasteiger partial charge in [0.15, 0.2) is 0 Å². The molecule has 3 amide bonds. The number of ether oxygens (including phenoxy) is 1. The molecule has 0 radical (unpaired) electrons. The van der Waals surface area contributed by atoms with E-state index in [0.717, 1.165) is 35.3 Å². The van der Waals surface area contributed by atoms with Crippen LogP contribution in [-0.4, -0.2) is 80.1 Å². The third kappa shape index (κ3) is 7.21. The Balaban J connectivity index is 1.10. The smallest absolute Gasteiger partial charge is 0.410 e. The highest BCUT2D eigenvalue weighted by Crippen LogP contribution is 2.45. The number of allylic oxidation sites excluding steroid dienone is 3. The Morgan fingerprint density at radius 3 is 2.39 bits per heavy atom. The zero-order chi connectivity index (χ0) is 34.3. The molecule has 3 aromatic rings. The Morgan fingerprint density at radius 1 is 0.918 bits per heavy atom. The number of fused-ring (bicyclic) bond motifs is 2. The normalized spacial score (nSPS) is 18.7. The van der Waals surface area contributed by atoms with Crippen molar-refractivity contribution in [3.8, 4) is 0 Å². The maximum absolute atomic E-state index is 13.9. The first-order valence-corrected chi connectivity index (χ1v) is 17.4. The second-order valence-corrected chi connectivity index (χ2v) is 12.8. The van der Waals surface area contributed by atoms with Crippen molar-refractivity contribution in [3.63, 3.8) is 0 Å². The van der Waals surface area contributed by atoms with Gasteiger partial charge in [0.25, 0.3) is 0 Å². The summed E-state index contributed by atoms with van der Waals surface area (Å²) in [5.74, 6) is -0.526. The van der Waals surface area contributed by atoms with Gasteiger partial charge >= 0.3 is 6.09 Å². The molecule has 1 fully saturated rings. The van der Waals surface area contributed by atoms with Crippen molar-refractivity contribution in [2.45, 2.75) is 51.6 Å². The van der Waals surface area contributed by atoms with E-state index >= 15 is 0 Å². The summed E-state index contributed by atoms with van der Waals surface area (Å²) in [6.07, 6.45) is 5.73. The lowest BCUT2D eigenvalue weighted by Gasteiger charge is -2.37. The summed E-state index contributed by atoms with van der Waals surface area (Å²) in [5.41, 5.74) is 9.17. The number of anilines is 2. The summed E-state index contributed by atoms with van der Waals surface area (Å²) in [4.78, 5) is 46.4. The molecule has 3 aromatic carbocycles. The van der Waals surface area contributed by atoms with Crippen molar-refractivity contribution in [2.24, 2.45) is 0 Å². The third-order valence-corrected chi connectivity index (χ3v) is 10.1. The van der Waals surface area contributed by atoms with Gasteiger partial charge < -0.3 is 25.2 Å². The SMILES string of the molecule is C/C=C\CC1=C(CC)c2ccccc2C1COC(=O)N1Cc2ccccc2CC1C(=O)NCC(=O)N1CCN(c2ccccc2NC)CC1. The molecule has 0 aromatic heterocycles. The van der Waals surface area contributed by atoms with Crippen LogP contribution >= 0.6 is 0 Å². The molecule has 2 N–H and O–H groups in total. The van der Waals surface area contributed by atoms with E-state index in [2.05, 4.69) is 58.9 Å². The molecule has 0 spiro atoms. The van der Waals surface area contributed by atoms with Crippen LogP contribution in [0, 0.1) is 0 Å². The number of rotatable bonds is 10. The van der Waals surface area contributed by atoms with E-state index in [-0.39, 0.29) is 37.4 Å². The fourth-order valence-corrected chi connectivity index (χ4v) is 7.50. The van der Waals surface area contributed by atoms with Gasteiger partial charge in [-0.1, -0.05) is 85.3 Å².